The fraction of sp³-hybridized carbons (Fsp3) is 0.0741. The van der Waals surface area contributed by atoms with Crippen molar-refractivity contribution in [3.8, 4) is 16.9 Å². The Morgan fingerprint density at radius 3 is 2.31 bits per heavy atom. The Labute approximate surface area is 237 Å². The number of carbonyl (C=O) groups excluding carboxylic acids is 2. The van der Waals surface area contributed by atoms with Gasteiger partial charge in [0, 0.05) is 32.4 Å². The Balaban J connectivity index is 1.41. The van der Waals surface area contributed by atoms with Gasteiger partial charge in [-0.05, 0) is 61.5 Å². The van der Waals surface area contributed by atoms with E-state index < -0.39 is 5.91 Å². The van der Waals surface area contributed by atoms with E-state index >= 15 is 0 Å². The van der Waals surface area contributed by atoms with Gasteiger partial charge in [0.1, 0.15) is 0 Å². The first-order chi connectivity index (χ1) is 18.8. The van der Waals surface area contributed by atoms with Gasteiger partial charge in [-0.1, -0.05) is 52.1 Å². The van der Waals surface area contributed by atoms with Crippen LogP contribution in [0.3, 0.4) is 0 Å². The molecular formula is C27H19Cl3N6O3. The van der Waals surface area contributed by atoms with Crippen LogP contribution < -0.4 is 10.6 Å². The van der Waals surface area contributed by atoms with Crippen LogP contribution in [0.25, 0.3) is 16.9 Å². The monoisotopic (exact) mass is 580 g/mol. The average Bonchev–Trinajstić information content (AvgIpc) is 3.56. The molecule has 0 aliphatic heterocycles. The molecule has 0 radical (unpaired) electrons. The van der Waals surface area contributed by atoms with Crippen LogP contribution >= 0.6 is 34.8 Å². The normalized spacial score (nSPS) is 10.9. The summed E-state index contributed by atoms with van der Waals surface area (Å²) in [5, 5.41) is 15.2. The Bertz CT molecular complexity index is 1650. The van der Waals surface area contributed by atoms with Crippen molar-refractivity contribution in [3.05, 3.63) is 111 Å². The molecule has 39 heavy (non-hydrogen) atoms. The minimum Gasteiger partial charge on any atom is -0.345 e. The average molecular weight is 582 g/mol. The third kappa shape index (κ3) is 5.80. The Morgan fingerprint density at radius 2 is 1.64 bits per heavy atom. The lowest BCUT2D eigenvalue weighted by Crippen LogP contribution is -2.23. The van der Waals surface area contributed by atoms with Crippen LogP contribution in [0.15, 0.2) is 77.6 Å². The molecule has 2 amide bonds. The van der Waals surface area contributed by atoms with Gasteiger partial charge in [0.05, 0.1) is 22.9 Å². The fourth-order valence-electron chi connectivity index (χ4n) is 3.91. The van der Waals surface area contributed by atoms with Gasteiger partial charge in [-0.25, -0.2) is 4.68 Å². The number of amides is 2. The summed E-state index contributed by atoms with van der Waals surface area (Å²) in [5.74, 6) is -0.388. The highest BCUT2D eigenvalue weighted by atomic mass is 35.5. The minimum atomic E-state index is -0.430. The highest BCUT2D eigenvalue weighted by Gasteiger charge is 2.23. The van der Waals surface area contributed by atoms with E-state index in [1.807, 2.05) is 19.1 Å². The first-order valence-electron chi connectivity index (χ1n) is 11.6. The van der Waals surface area contributed by atoms with E-state index in [1.54, 1.807) is 59.3 Å². The van der Waals surface area contributed by atoms with Crippen molar-refractivity contribution in [2.45, 2.75) is 13.5 Å². The summed E-state index contributed by atoms with van der Waals surface area (Å²) in [5.41, 5.74) is 3.76. The summed E-state index contributed by atoms with van der Waals surface area (Å²) in [6.45, 7) is 1.94. The first-order valence-corrected chi connectivity index (χ1v) is 12.7. The van der Waals surface area contributed by atoms with E-state index in [9.17, 15) is 9.59 Å². The summed E-state index contributed by atoms with van der Waals surface area (Å²) < 4.78 is 6.26. The van der Waals surface area contributed by atoms with E-state index in [1.165, 1.54) is 6.39 Å². The molecule has 0 saturated heterocycles. The van der Waals surface area contributed by atoms with E-state index in [-0.39, 0.29) is 18.1 Å². The molecule has 5 aromatic rings. The zero-order chi connectivity index (χ0) is 27.5. The molecule has 2 aromatic heterocycles. The van der Waals surface area contributed by atoms with Crippen LogP contribution in [0.4, 0.5) is 5.69 Å². The second-order valence-corrected chi connectivity index (χ2v) is 9.68. The van der Waals surface area contributed by atoms with Gasteiger partial charge in [-0.15, -0.1) is 0 Å². The molecule has 3 aromatic carbocycles. The predicted molar refractivity (Wildman–Crippen MR) is 149 cm³/mol. The molecule has 0 aliphatic carbocycles. The Kier molecular flexibility index (Phi) is 7.65. The van der Waals surface area contributed by atoms with Crippen molar-refractivity contribution in [2.24, 2.45) is 0 Å². The second-order valence-electron chi connectivity index (χ2n) is 8.40. The summed E-state index contributed by atoms with van der Waals surface area (Å²) in [4.78, 5) is 29.6. The number of hydrogen-bond acceptors (Lipinski definition) is 6. The molecule has 5 rings (SSSR count). The lowest BCUT2D eigenvalue weighted by Gasteiger charge is -2.11. The maximum absolute atomic E-state index is 13.3. The molecule has 0 fully saturated rings. The number of aromatic nitrogens is 4. The molecule has 2 heterocycles. The van der Waals surface area contributed by atoms with Crippen LogP contribution in [-0.4, -0.2) is 31.7 Å². The van der Waals surface area contributed by atoms with E-state index in [4.69, 9.17) is 34.8 Å². The maximum atomic E-state index is 13.3. The number of nitrogens with one attached hydrogen (secondary N) is 2. The van der Waals surface area contributed by atoms with Crippen molar-refractivity contribution >= 4 is 52.3 Å². The number of hydrogen-bond donors (Lipinski definition) is 2. The zero-order valence-electron chi connectivity index (χ0n) is 20.3. The fourth-order valence-corrected chi connectivity index (χ4v) is 4.53. The number of rotatable bonds is 7. The van der Waals surface area contributed by atoms with Gasteiger partial charge in [-0.3, -0.25) is 9.59 Å². The third-order valence-electron chi connectivity index (χ3n) is 5.81. The molecule has 0 spiro atoms. The molecular weight excluding hydrogens is 563 g/mol. The van der Waals surface area contributed by atoms with Crippen LogP contribution in [0.2, 0.25) is 15.1 Å². The highest BCUT2D eigenvalue weighted by molar-refractivity contribution is 6.35. The van der Waals surface area contributed by atoms with Crippen LogP contribution in [0.1, 0.15) is 32.2 Å². The van der Waals surface area contributed by atoms with E-state index in [0.29, 0.717) is 49.1 Å². The molecule has 0 saturated carbocycles. The van der Waals surface area contributed by atoms with Crippen molar-refractivity contribution in [3.63, 3.8) is 0 Å². The molecule has 0 atom stereocenters. The van der Waals surface area contributed by atoms with Crippen LogP contribution in [0.5, 0.6) is 0 Å². The van der Waals surface area contributed by atoms with Gasteiger partial charge in [0.2, 0.25) is 6.39 Å². The summed E-state index contributed by atoms with van der Waals surface area (Å²) in [6, 6.07) is 18.7. The zero-order valence-corrected chi connectivity index (χ0v) is 22.6. The predicted octanol–water partition coefficient (Wildman–Crippen LogP) is 6.37. The molecule has 2 N–H and O–H groups in total. The summed E-state index contributed by atoms with van der Waals surface area (Å²) >= 11 is 18.7. The Hall–Kier alpha value is -4.18. The molecule has 0 bridgehead atoms. The number of carbonyl (C=O) groups is 2. The first kappa shape index (κ1) is 26.4. The summed E-state index contributed by atoms with van der Waals surface area (Å²) in [7, 11) is 0. The third-order valence-corrected chi connectivity index (χ3v) is 6.60. The van der Waals surface area contributed by atoms with Crippen LogP contribution in [0, 0.1) is 6.92 Å². The molecule has 196 valence electrons. The molecule has 12 heteroatoms. The van der Waals surface area contributed by atoms with Crippen molar-refractivity contribution in [1.82, 2.24) is 25.2 Å². The number of halogens is 3. The highest BCUT2D eigenvalue weighted by Crippen LogP contribution is 2.33. The molecule has 9 nitrogen and oxygen atoms in total. The molecule has 0 aliphatic rings. The molecule has 0 unspecified atom stereocenters. The maximum Gasteiger partial charge on any atom is 0.276 e. The van der Waals surface area contributed by atoms with Gasteiger partial charge in [-0.2, -0.15) is 10.1 Å². The van der Waals surface area contributed by atoms with Gasteiger partial charge < -0.3 is 15.2 Å². The topological polar surface area (TPSA) is 115 Å². The van der Waals surface area contributed by atoms with E-state index in [0.717, 1.165) is 5.56 Å². The number of anilines is 1. The number of benzene rings is 3. The van der Waals surface area contributed by atoms with Crippen LogP contribution in [-0.2, 0) is 6.54 Å². The van der Waals surface area contributed by atoms with Crippen molar-refractivity contribution in [2.75, 3.05) is 5.32 Å². The quantitative estimate of drug-likeness (QED) is 0.231. The minimum absolute atomic E-state index is 0.128. The van der Waals surface area contributed by atoms with Gasteiger partial charge in [0.15, 0.2) is 11.5 Å². The standard InChI is InChI=1S/C27H19Cl3N6O3/c1-15-24(27(38)33-20-9-4-17(5-10-20)26(37)31-13-23-32-14-39-35-23)34-36(22-11-8-19(29)12-21(22)30)25(15)16-2-6-18(28)7-3-16/h2-12,14H,13H2,1H3,(H,31,37)(H,33,38). The van der Waals surface area contributed by atoms with Crippen molar-refractivity contribution in [1.29, 1.82) is 0 Å². The lowest BCUT2D eigenvalue weighted by atomic mass is 10.1. The van der Waals surface area contributed by atoms with E-state index in [2.05, 4.69) is 30.4 Å². The van der Waals surface area contributed by atoms with Gasteiger partial charge >= 0.3 is 0 Å². The van der Waals surface area contributed by atoms with Crippen molar-refractivity contribution < 1.29 is 14.1 Å². The Morgan fingerprint density at radius 1 is 0.923 bits per heavy atom. The largest absolute Gasteiger partial charge is 0.345 e. The smallest absolute Gasteiger partial charge is 0.276 e. The SMILES string of the molecule is Cc1c(C(=O)Nc2ccc(C(=O)NCc3ncon3)cc2)nn(-c2ccc(Cl)cc2Cl)c1-c1ccc(Cl)cc1. The van der Waals surface area contributed by atoms with Gasteiger partial charge in [0.25, 0.3) is 11.8 Å². The lowest BCUT2D eigenvalue weighted by molar-refractivity contribution is 0.0949. The second kappa shape index (κ2) is 11.3. The summed E-state index contributed by atoms with van der Waals surface area (Å²) in [6.07, 6.45) is 1.19. The number of nitrogens with zero attached hydrogens (tertiary/aromatic N) is 4.